The fourth-order valence-corrected chi connectivity index (χ4v) is 1.91. The molecule has 0 spiro atoms. The quantitative estimate of drug-likeness (QED) is 0.745. The summed E-state index contributed by atoms with van der Waals surface area (Å²) in [6.45, 7) is 2.15. The number of alkyl halides is 3. The smallest absolute Gasteiger partial charge is 0.323 e. The summed E-state index contributed by atoms with van der Waals surface area (Å²) in [5.41, 5.74) is 5.73. The Morgan fingerprint density at radius 3 is 2.37 bits per heavy atom. The predicted molar refractivity (Wildman–Crippen MR) is 69.5 cm³/mol. The van der Waals surface area contributed by atoms with Gasteiger partial charge in [-0.15, -0.1) is 0 Å². The highest BCUT2D eigenvalue weighted by molar-refractivity contribution is 5.18. The Hall–Kier alpha value is -1.10. The number of nitrogens with zero attached hydrogens (tertiary/aromatic N) is 1. The molecule has 0 aliphatic carbocycles. The minimum atomic E-state index is -4.34. The lowest BCUT2D eigenvalue weighted by Crippen LogP contribution is -2.13. The van der Waals surface area contributed by atoms with Gasteiger partial charge in [-0.05, 0) is 18.6 Å². The first-order valence-corrected chi connectivity index (χ1v) is 6.74. The van der Waals surface area contributed by atoms with Gasteiger partial charge in [-0.25, -0.2) is 0 Å². The third-order valence-electron chi connectivity index (χ3n) is 3.11. The Labute approximate surface area is 112 Å². The summed E-state index contributed by atoms with van der Waals surface area (Å²) >= 11 is 0. The Kier molecular flexibility index (Phi) is 6.28. The number of aromatic nitrogens is 1. The van der Waals surface area contributed by atoms with Gasteiger partial charge in [0.05, 0.1) is 11.3 Å². The number of halogens is 3. The lowest BCUT2D eigenvalue weighted by molar-refractivity contribution is -0.137. The van der Waals surface area contributed by atoms with E-state index in [2.05, 4.69) is 11.9 Å². The number of rotatable bonds is 7. The van der Waals surface area contributed by atoms with Gasteiger partial charge in [0, 0.05) is 12.2 Å². The molecule has 1 aromatic rings. The lowest BCUT2D eigenvalue weighted by Gasteiger charge is -2.12. The highest BCUT2D eigenvalue weighted by atomic mass is 19.4. The Balaban J connectivity index is 2.42. The zero-order chi connectivity index (χ0) is 14.3. The molecule has 5 heteroatoms. The second-order valence-corrected chi connectivity index (χ2v) is 4.78. The van der Waals surface area contributed by atoms with Crippen LogP contribution in [0.3, 0.4) is 0 Å². The molecular formula is C14H21F3N2. The van der Waals surface area contributed by atoms with E-state index in [-0.39, 0.29) is 6.04 Å². The van der Waals surface area contributed by atoms with Crippen LogP contribution in [0.2, 0.25) is 0 Å². The molecular weight excluding hydrogens is 253 g/mol. The van der Waals surface area contributed by atoms with Crippen molar-refractivity contribution in [2.75, 3.05) is 0 Å². The van der Waals surface area contributed by atoms with Crippen molar-refractivity contribution in [1.29, 1.82) is 0 Å². The van der Waals surface area contributed by atoms with Crippen molar-refractivity contribution in [2.45, 2.75) is 57.7 Å². The molecule has 0 saturated carbocycles. The Morgan fingerprint density at radius 1 is 1.16 bits per heavy atom. The minimum absolute atomic E-state index is 0.274. The van der Waals surface area contributed by atoms with Gasteiger partial charge in [-0.1, -0.05) is 39.0 Å². The van der Waals surface area contributed by atoms with Gasteiger partial charge in [0.15, 0.2) is 0 Å². The summed E-state index contributed by atoms with van der Waals surface area (Å²) in [7, 11) is 0. The van der Waals surface area contributed by atoms with Crippen LogP contribution in [0, 0.1) is 0 Å². The van der Waals surface area contributed by atoms with Crippen molar-refractivity contribution in [2.24, 2.45) is 5.73 Å². The molecule has 0 aliphatic heterocycles. The van der Waals surface area contributed by atoms with Crippen molar-refractivity contribution < 1.29 is 13.2 Å². The van der Waals surface area contributed by atoms with E-state index < -0.39 is 11.7 Å². The second kappa shape index (κ2) is 7.48. The fraction of sp³-hybridized carbons (Fsp3) is 0.643. The molecule has 0 bridgehead atoms. The third kappa shape index (κ3) is 5.59. The van der Waals surface area contributed by atoms with Crippen LogP contribution in [0.5, 0.6) is 0 Å². The van der Waals surface area contributed by atoms with E-state index in [1.54, 1.807) is 0 Å². The number of pyridine rings is 1. The van der Waals surface area contributed by atoms with Crippen LogP contribution >= 0.6 is 0 Å². The van der Waals surface area contributed by atoms with E-state index in [0.29, 0.717) is 5.69 Å². The molecule has 1 aromatic heterocycles. The number of unbranched alkanes of at least 4 members (excludes halogenated alkanes) is 4. The van der Waals surface area contributed by atoms with Crippen LogP contribution in [0.4, 0.5) is 13.2 Å². The molecule has 1 heterocycles. The van der Waals surface area contributed by atoms with Gasteiger partial charge in [-0.2, -0.15) is 13.2 Å². The molecule has 108 valence electrons. The number of nitrogens with two attached hydrogens (primary N) is 1. The topological polar surface area (TPSA) is 38.9 Å². The van der Waals surface area contributed by atoms with Crippen LogP contribution in [0.15, 0.2) is 18.3 Å². The van der Waals surface area contributed by atoms with Gasteiger partial charge in [0.25, 0.3) is 0 Å². The summed E-state index contributed by atoms with van der Waals surface area (Å²) in [5.74, 6) is 0. The van der Waals surface area contributed by atoms with Gasteiger partial charge < -0.3 is 5.73 Å². The predicted octanol–water partition coefficient (Wildman–Crippen LogP) is 4.46. The zero-order valence-electron chi connectivity index (χ0n) is 11.2. The molecule has 0 aliphatic rings. The molecule has 1 unspecified atom stereocenters. The highest BCUT2D eigenvalue weighted by Gasteiger charge is 2.30. The van der Waals surface area contributed by atoms with E-state index in [9.17, 15) is 13.2 Å². The molecule has 0 fully saturated rings. The highest BCUT2D eigenvalue weighted by Crippen LogP contribution is 2.29. The average molecular weight is 274 g/mol. The molecule has 1 rings (SSSR count). The molecule has 0 radical (unpaired) electrons. The monoisotopic (exact) mass is 274 g/mol. The van der Waals surface area contributed by atoms with Gasteiger partial charge >= 0.3 is 6.18 Å². The minimum Gasteiger partial charge on any atom is -0.323 e. The standard InChI is InChI=1S/C14H21F3N2/c1-2-3-4-5-6-7-12(18)13-9-8-11(10-19-13)14(15,16)17/h8-10,12H,2-7,18H2,1H3. The Bertz CT molecular complexity index is 360. The first kappa shape index (κ1) is 16.0. The van der Waals surface area contributed by atoms with Crippen molar-refractivity contribution in [3.05, 3.63) is 29.6 Å². The van der Waals surface area contributed by atoms with Gasteiger partial charge in [-0.3, -0.25) is 4.98 Å². The SMILES string of the molecule is CCCCCCCC(N)c1ccc(C(F)(F)F)cn1. The zero-order valence-corrected chi connectivity index (χ0v) is 11.2. The maximum Gasteiger partial charge on any atom is 0.417 e. The first-order chi connectivity index (χ1) is 8.95. The average Bonchev–Trinajstić information content (AvgIpc) is 2.37. The normalized spacial score (nSPS) is 13.5. The van der Waals surface area contributed by atoms with E-state index in [0.717, 1.165) is 31.5 Å². The Morgan fingerprint density at radius 2 is 1.84 bits per heavy atom. The van der Waals surface area contributed by atoms with Crippen LogP contribution in [0.25, 0.3) is 0 Å². The third-order valence-corrected chi connectivity index (χ3v) is 3.11. The lowest BCUT2D eigenvalue weighted by atomic mass is 10.0. The summed E-state index contributed by atoms with van der Waals surface area (Å²) in [6.07, 6.45) is 2.97. The molecule has 0 saturated heterocycles. The molecule has 0 amide bonds. The molecule has 2 N–H and O–H groups in total. The largest absolute Gasteiger partial charge is 0.417 e. The number of hydrogen-bond donors (Lipinski definition) is 1. The first-order valence-electron chi connectivity index (χ1n) is 6.74. The molecule has 1 atom stereocenters. The van der Waals surface area contributed by atoms with Crippen molar-refractivity contribution in [3.8, 4) is 0 Å². The molecule has 0 aromatic carbocycles. The summed E-state index contributed by atoms with van der Waals surface area (Å²) in [6, 6.07) is 2.14. The van der Waals surface area contributed by atoms with Gasteiger partial charge in [0.1, 0.15) is 0 Å². The van der Waals surface area contributed by atoms with Crippen molar-refractivity contribution in [1.82, 2.24) is 4.98 Å². The molecule has 2 nitrogen and oxygen atoms in total. The van der Waals surface area contributed by atoms with Crippen molar-refractivity contribution in [3.63, 3.8) is 0 Å². The maximum atomic E-state index is 12.4. The van der Waals surface area contributed by atoms with Gasteiger partial charge in [0.2, 0.25) is 0 Å². The molecule has 19 heavy (non-hydrogen) atoms. The number of hydrogen-bond acceptors (Lipinski definition) is 2. The van der Waals surface area contributed by atoms with Crippen LogP contribution in [-0.2, 0) is 6.18 Å². The summed E-state index contributed by atoms with van der Waals surface area (Å²) in [5, 5.41) is 0. The summed E-state index contributed by atoms with van der Waals surface area (Å²) in [4.78, 5) is 3.82. The summed E-state index contributed by atoms with van der Waals surface area (Å²) < 4.78 is 37.1. The van der Waals surface area contributed by atoms with Crippen LogP contribution in [0.1, 0.15) is 62.7 Å². The van der Waals surface area contributed by atoms with E-state index in [1.165, 1.54) is 25.3 Å². The van der Waals surface area contributed by atoms with E-state index in [1.807, 2.05) is 0 Å². The second-order valence-electron chi connectivity index (χ2n) is 4.78. The van der Waals surface area contributed by atoms with E-state index in [4.69, 9.17) is 5.73 Å². The fourth-order valence-electron chi connectivity index (χ4n) is 1.91. The van der Waals surface area contributed by atoms with E-state index >= 15 is 0 Å². The van der Waals surface area contributed by atoms with Crippen molar-refractivity contribution >= 4 is 0 Å². The van der Waals surface area contributed by atoms with Crippen LogP contribution in [-0.4, -0.2) is 4.98 Å². The maximum absolute atomic E-state index is 12.4. The van der Waals surface area contributed by atoms with Crippen LogP contribution < -0.4 is 5.73 Å².